The summed E-state index contributed by atoms with van der Waals surface area (Å²) in [7, 11) is 2.94. The number of benzene rings is 4. The Balaban J connectivity index is 0.000000241. The highest BCUT2D eigenvalue weighted by Gasteiger charge is 2.36. The zero-order chi connectivity index (χ0) is 55.0. The second kappa shape index (κ2) is 27.0. The summed E-state index contributed by atoms with van der Waals surface area (Å²) in [5.41, 5.74) is 5.12. The number of pyridine rings is 1. The van der Waals surface area contributed by atoms with Gasteiger partial charge >= 0.3 is 6.03 Å². The molecule has 2 aliphatic rings. The SMILES string of the molecule is COc1ncc(OC)c2c(C(=O)C(=O)N3CCN(C(=O)c4ccccc4)CC3)c[nH]c12.Cc1cccc(C)c1OCC(=O)N[C@@H](Cc1ccccc1)[C@@H](O)C[C@H](Cc1ccccc1)NC(=O)[C@H](C(C)C)N1CCCNC1=O. The molecule has 2 aromatic heterocycles. The first-order chi connectivity index (χ1) is 37.2. The molecule has 18 heteroatoms. The predicted molar refractivity (Wildman–Crippen MR) is 292 cm³/mol. The van der Waals surface area contributed by atoms with Crippen molar-refractivity contribution in [3.05, 3.63) is 155 Å². The van der Waals surface area contributed by atoms with E-state index < -0.39 is 35.9 Å². The number of aliphatic hydroxyl groups excluding tert-OH is 1. The minimum atomic E-state index is -0.992. The normalized spacial score (nSPS) is 15.0. The van der Waals surface area contributed by atoms with Gasteiger partial charge in [-0.15, -0.1) is 0 Å². The number of rotatable bonds is 20. The van der Waals surface area contributed by atoms with Crippen molar-refractivity contribution in [2.24, 2.45) is 5.92 Å². The zero-order valence-electron chi connectivity index (χ0n) is 44.6. The lowest BCUT2D eigenvalue weighted by atomic mass is 9.92. The van der Waals surface area contributed by atoms with Gasteiger partial charge in [0.15, 0.2) is 6.61 Å². The number of nitrogens with zero attached hydrogens (tertiary/aromatic N) is 4. The smallest absolute Gasteiger partial charge is 0.318 e. The number of carbonyl (C=O) groups is 6. The second-order valence-electron chi connectivity index (χ2n) is 19.6. The number of aryl methyl sites for hydroxylation is 2. The van der Waals surface area contributed by atoms with Crippen LogP contribution >= 0.6 is 0 Å². The molecule has 5 N–H and O–H groups in total. The lowest BCUT2D eigenvalue weighted by Gasteiger charge is -2.37. The van der Waals surface area contributed by atoms with Crippen LogP contribution in [-0.4, -0.2) is 150 Å². The van der Waals surface area contributed by atoms with E-state index >= 15 is 0 Å². The minimum Gasteiger partial charge on any atom is -0.494 e. The number of ether oxygens (including phenoxy) is 3. The Morgan fingerprint density at radius 3 is 1.96 bits per heavy atom. The van der Waals surface area contributed by atoms with Crippen LogP contribution in [0.25, 0.3) is 10.9 Å². The summed E-state index contributed by atoms with van der Waals surface area (Å²) in [6.45, 7) is 9.93. The van der Waals surface area contributed by atoms with Gasteiger partial charge in [0, 0.05) is 57.1 Å². The molecule has 2 fully saturated rings. The monoisotopic (exact) mass is 1050 g/mol. The molecule has 18 nitrogen and oxygen atoms in total. The molecule has 0 saturated carbocycles. The van der Waals surface area contributed by atoms with Gasteiger partial charge < -0.3 is 55.0 Å². The third-order valence-corrected chi connectivity index (χ3v) is 13.8. The van der Waals surface area contributed by atoms with E-state index in [9.17, 15) is 33.9 Å². The fourth-order valence-corrected chi connectivity index (χ4v) is 9.83. The molecule has 0 aliphatic carbocycles. The molecule has 4 heterocycles. The fourth-order valence-electron chi connectivity index (χ4n) is 9.83. The molecule has 2 saturated heterocycles. The van der Waals surface area contributed by atoms with Crippen molar-refractivity contribution in [2.45, 2.75) is 77.6 Å². The number of ketones is 1. The number of piperazine rings is 1. The predicted octanol–water partition coefficient (Wildman–Crippen LogP) is 6.08. The number of aromatic nitrogens is 2. The maximum Gasteiger partial charge on any atom is 0.318 e. The topological polar surface area (TPSA) is 225 Å². The van der Waals surface area contributed by atoms with E-state index in [0.717, 1.165) is 28.7 Å². The minimum absolute atomic E-state index is 0.0833. The van der Waals surface area contributed by atoms with Crippen molar-refractivity contribution in [1.82, 2.24) is 40.6 Å². The number of hydrogen-bond acceptors (Lipinski definition) is 11. The molecule has 2 aliphatic heterocycles. The van der Waals surface area contributed by atoms with Crippen LogP contribution in [0.2, 0.25) is 0 Å². The highest BCUT2D eigenvalue weighted by atomic mass is 16.5. The number of aromatic amines is 1. The van der Waals surface area contributed by atoms with Gasteiger partial charge in [0.2, 0.25) is 11.8 Å². The molecule has 0 spiro atoms. The van der Waals surface area contributed by atoms with Crippen LogP contribution in [0.4, 0.5) is 4.79 Å². The van der Waals surface area contributed by atoms with Crippen molar-refractivity contribution in [3.63, 3.8) is 0 Å². The summed E-state index contributed by atoms with van der Waals surface area (Å²) >= 11 is 0. The van der Waals surface area contributed by atoms with E-state index in [1.54, 1.807) is 21.9 Å². The van der Waals surface area contributed by atoms with Gasteiger partial charge in [-0.1, -0.05) is 111 Å². The largest absolute Gasteiger partial charge is 0.494 e. The standard InChI is InChI=1S/C37H48N4O5.C22H22N4O5/c1-25(2)34(41-20-12-19-38-37(41)45)36(44)39-30(21-28-15-7-5-8-16-28)23-32(42)31(22-29-17-9-6-10-18-29)40-33(43)24-46-35-26(3)13-11-14-27(35)4;1-30-16-13-24-20(31-2)18-17(16)15(12-23-18)19(27)22(29)26-10-8-25(9-11-26)21(28)14-6-4-3-5-7-14/h5-11,13-18,25,30-32,34,42H,12,19-24H2,1-4H3,(H,38,45)(H,39,44)(H,40,43);3-7,12-13,23H,8-11H2,1-2H3/t30-,31-,32-,34-;/m0./s1. The van der Waals surface area contributed by atoms with Gasteiger partial charge in [-0.05, 0) is 79.8 Å². The Bertz CT molecular complexity index is 2940. The number of methoxy groups -OCH3 is 2. The molecule has 8 rings (SSSR count). The Morgan fingerprint density at radius 2 is 1.36 bits per heavy atom. The van der Waals surface area contributed by atoms with E-state index in [1.807, 2.05) is 125 Å². The van der Waals surface area contributed by atoms with Crippen LogP contribution in [0.1, 0.15) is 69.7 Å². The Labute approximate surface area is 449 Å². The molecule has 6 amide bonds. The summed E-state index contributed by atoms with van der Waals surface area (Å²) in [4.78, 5) is 90.1. The maximum atomic E-state index is 13.8. The van der Waals surface area contributed by atoms with E-state index in [1.165, 1.54) is 31.5 Å². The van der Waals surface area contributed by atoms with Crippen molar-refractivity contribution < 1.29 is 48.1 Å². The first-order valence-electron chi connectivity index (χ1n) is 26.0. The van der Waals surface area contributed by atoms with Crippen LogP contribution in [0.5, 0.6) is 17.4 Å². The Kier molecular flexibility index (Phi) is 19.8. The molecule has 0 bridgehead atoms. The van der Waals surface area contributed by atoms with Crippen LogP contribution in [0.15, 0.2) is 122 Å². The number of hydrogen-bond donors (Lipinski definition) is 5. The molecular weight excluding hydrogens is 981 g/mol. The molecule has 0 unspecified atom stereocenters. The molecule has 406 valence electrons. The van der Waals surface area contributed by atoms with Crippen molar-refractivity contribution in [1.29, 1.82) is 0 Å². The third-order valence-electron chi connectivity index (χ3n) is 13.8. The molecule has 77 heavy (non-hydrogen) atoms. The van der Waals surface area contributed by atoms with E-state index in [-0.39, 0.29) is 61.4 Å². The summed E-state index contributed by atoms with van der Waals surface area (Å²) in [5.74, 6) is -0.736. The summed E-state index contributed by atoms with van der Waals surface area (Å²) < 4.78 is 16.4. The van der Waals surface area contributed by atoms with Crippen molar-refractivity contribution >= 4 is 46.3 Å². The molecule has 0 radical (unpaired) electrons. The number of nitrogens with one attached hydrogen (secondary N) is 4. The average Bonchev–Trinajstić information content (AvgIpc) is 3.94. The Hall–Kier alpha value is -8.25. The number of aliphatic hydroxyl groups is 1. The highest BCUT2D eigenvalue weighted by Crippen LogP contribution is 2.34. The van der Waals surface area contributed by atoms with Gasteiger partial charge in [-0.25, -0.2) is 9.78 Å². The Morgan fingerprint density at radius 1 is 0.753 bits per heavy atom. The summed E-state index contributed by atoms with van der Waals surface area (Å²) in [6.07, 6.45) is 3.75. The number of Topliss-reactive ketones (excluding diaryl/α,β-unsaturated/α-hetero) is 1. The van der Waals surface area contributed by atoms with E-state index in [4.69, 9.17) is 14.2 Å². The van der Waals surface area contributed by atoms with E-state index in [2.05, 4.69) is 25.9 Å². The van der Waals surface area contributed by atoms with Crippen LogP contribution in [0, 0.1) is 19.8 Å². The average molecular weight is 1050 g/mol. The molecule has 4 aromatic carbocycles. The molecule has 6 aromatic rings. The van der Waals surface area contributed by atoms with Crippen LogP contribution in [0.3, 0.4) is 0 Å². The first-order valence-corrected chi connectivity index (χ1v) is 26.0. The summed E-state index contributed by atoms with van der Waals surface area (Å²) in [6, 6.07) is 32.3. The molecule has 4 atom stereocenters. The molecular formula is C59H70N8O10. The van der Waals surface area contributed by atoms with Crippen molar-refractivity contribution in [3.8, 4) is 17.4 Å². The van der Waals surface area contributed by atoms with Crippen molar-refractivity contribution in [2.75, 3.05) is 60.1 Å². The van der Waals surface area contributed by atoms with E-state index in [0.29, 0.717) is 72.9 Å². The lowest BCUT2D eigenvalue weighted by molar-refractivity contribution is -0.128. The lowest BCUT2D eigenvalue weighted by Crippen LogP contribution is -2.59. The third kappa shape index (κ3) is 14.6. The fraction of sp³-hybridized carbons (Fsp3) is 0.373. The zero-order valence-corrected chi connectivity index (χ0v) is 44.6. The first kappa shape index (κ1) is 56.5. The number of amides is 6. The number of urea groups is 1. The second-order valence-corrected chi connectivity index (χ2v) is 19.6. The van der Waals surface area contributed by atoms with Crippen LogP contribution in [-0.2, 0) is 27.2 Å². The van der Waals surface area contributed by atoms with Gasteiger partial charge in [0.05, 0.1) is 43.5 Å². The van der Waals surface area contributed by atoms with Gasteiger partial charge in [-0.3, -0.25) is 24.0 Å². The highest BCUT2D eigenvalue weighted by molar-refractivity contribution is 6.45. The number of fused-ring (bicyclic) bond motifs is 1. The van der Waals surface area contributed by atoms with Gasteiger partial charge in [0.25, 0.3) is 23.5 Å². The number of H-pyrrole nitrogens is 1. The van der Waals surface area contributed by atoms with Gasteiger partial charge in [0.1, 0.15) is 23.1 Å². The summed E-state index contributed by atoms with van der Waals surface area (Å²) in [5, 5.41) is 21.2. The van der Waals surface area contributed by atoms with Gasteiger partial charge in [-0.2, -0.15) is 0 Å². The van der Waals surface area contributed by atoms with Crippen LogP contribution < -0.4 is 30.2 Å². The number of carbonyl (C=O) groups excluding carboxylic acids is 6. The maximum absolute atomic E-state index is 13.8. The number of para-hydroxylation sites is 1. The quantitative estimate of drug-likeness (QED) is 0.0436.